The number of thioether (sulfide) groups is 1. The maximum absolute atomic E-state index is 12.7. The van der Waals surface area contributed by atoms with Gasteiger partial charge in [-0.3, -0.25) is 14.7 Å². The summed E-state index contributed by atoms with van der Waals surface area (Å²) in [5.41, 5.74) is 0.487. The van der Waals surface area contributed by atoms with Gasteiger partial charge in [0, 0.05) is 12.1 Å². The lowest BCUT2D eigenvalue weighted by atomic mass is 10.1. The molecule has 0 aliphatic carbocycles. The molecule has 6 nitrogen and oxygen atoms in total. The van der Waals surface area contributed by atoms with E-state index in [1.54, 1.807) is 28.8 Å². The average molecular weight is 324 g/mol. The van der Waals surface area contributed by atoms with Crippen molar-refractivity contribution in [2.75, 3.05) is 40.2 Å². The first-order chi connectivity index (χ1) is 10.7. The average Bonchev–Trinajstić information content (AvgIpc) is 3.01. The van der Waals surface area contributed by atoms with Crippen molar-refractivity contribution in [3.63, 3.8) is 0 Å². The van der Waals surface area contributed by atoms with E-state index in [0.29, 0.717) is 35.9 Å². The molecule has 1 aliphatic heterocycles. The number of carbonyl (C=O) groups is 1. The number of hydrogen-bond acceptors (Lipinski definition) is 6. The van der Waals surface area contributed by atoms with E-state index in [4.69, 9.17) is 14.2 Å². The Morgan fingerprint density at radius 1 is 1.23 bits per heavy atom. The SMILES string of the molecule is CCSC1=NCCN1C(=O)c1cc(OC)c(OC)c(OC)c1. The monoisotopic (exact) mass is 324 g/mol. The normalized spacial score (nSPS) is 13.8. The van der Waals surface area contributed by atoms with Crippen LogP contribution in [0.5, 0.6) is 17.2 Å². The first-order valence-corrected chi connectivity index (χ1v) is 7.93. The third-order valence-corrected chi connectivity index (χ3v) is 4.13. The second-order valence-corrected chi connectivity index (χ2v) is 5.70. The molecule has 0 atom stereocenters. The van der Waals surface area contributed by atoms with E-state index in [0.717, 1.165) is 10.9 Å². The molecule has 0 saturated heterocycles. The summed E-state index contributed by atoms with van der Waals surface area (Å²) in [5.74, 6) is 2.16. The van der Waals surface area contributed by atoms with Crippen LogP contribution in [0, 0.1) is 0 Å². The molecule has 1 aromatic rings. The van der Waals surface area contributed by atoms with E-state index in [-0.39, 0.29) is 5.91 Å². The predicted octanol–water partition coefficient (Wildman–Crippen LogP) is 2.28. The number of rotatable bonds is 5. The number of nitrogens with zero attached hydrogens (tertiary/aromatic N) is 2. The number of hydrogen-bond donors (Lipinski definition) is 0. The van der Waals surface area contributed by atoms with Gasteiger partial charge in [-0.05, 0) is 17.9 Å². The lowest BCUT2D eigenvalue weighted by molar-refractivity contribution is 0.0860. The molecule has 1 aromatic carbocycles. The maximum atomic E-state index is 12.7. The van der Waals surface area contributed by atoms with Gasteiger partial charge in [-0.15, -0.1) is 0 Å². The number of amidine groups is 1. The standard InChI is InChI=1S/C15H20N2O4S/c1-5-22-15-16-6-7-17(15)14(18)10-8-11(19-2)13(21-4)12(9-10)20-3/h8-9H,5-7H2,1-4H3. The quantitative estimate of drug-likeness (QED) is 0.831. The summed E-state index contributed by atoms with van der Waals surface area (Å²) in [4.78, 5) is 18.8. The third kappa shape index (κ3) is 3.14. The minimum atomic E-state index is -0.114. The molecule has 0 unspecified atom stereocenters. The van der Waals surface area contributed by atoms with Gasteiger partial charge in [0.25, 0.3) is 5.91 Å². The van der Waals surface area contributed by atoms with Crippen LogP contribution in [-0.4, -0.2) is 56.1 Å². The molecular formula is C15H20N2O4S. The molecule has 1 aliphatic rings. The Balaban J connectivity index is 2.36. The Kier molecular flexibility index (Phi) is 5.54. The minimum absolute atomic E-state index is 0.114. The Hall–Kier alpha value is -1.89. The molecule has 0 aromatic heterocycles. The first-order valence-electron chi connectivity index (χ1n) is 6.95. The van der Waals surface area contributed by atoms with Crippen molar-refractivity contribution >= 4 is 22.8 Å². The highest BCUT2D eigenvalue weighted by molar-refractivity contribution is 8.13. The predicted molar refractivity (Wildman–Crippen MR) is 87.6 cm³/mol. The Morgan fingerprint density at radius 3 is 2.36 bits per heavy atom. The van der Waals surface area contributed by atoms with Crippen LogP contribution in [0.4, 0.5) is 0 Å². The van der Waals surface area contributed by atoms with Gasteiger partial charge in [-0.25, -0.2) is 0 Å². The van der Waals surface area contributed by atoms with Gasteiger partial charge in [-0.2, -0.15) is 0 Å². The lowest BCUT2D eigenvalue weighted by Crippen LogP contribution is -2.32. The molecule has 2 rings (SSSR count). The Bertz CT molecular complexity index is 564. The second-order valence-electron chi connectivity index (χ2n) is 4.47. The smallest absolute Gasteiger partial charge is 0.260 e. The molecule has 7 heteroatoms. The van der Waals surface area contributed by atoms with Crippen LogP contribution in [-0.2, 0) is 0 Å². The number of benzene rings is 1. The highest BCUT2D eigenvalue weighted by atomic mass is 32.2. The number of methoxy groups -OCH3 is 3. The van der Waals surface area contributed by atoms with E-state index < -0.39 is 0 Å². The van der Waals surface area contributed by atoms with Gasteiger partial charge in [0.1, 0.15) is 0 Å². The zero-order chi connectivity index (χ0) is 16.1. The summed E-state index contributed by atoms with van der Waals surface area (Å²) in [6.45, 7) is 3.27. The van der Waals surface area contributed by atoms with Crippen molar-refractivity contribution in [3.8, 4) is 17.2 Å². The number of amides is 1. The maximum Gasteiger partial charge on any atom is 0.260 e. The van der Waals surface area contributed by atoms with Crippen LogP contribution in [0.1, 0.15) is 17.3 Å². The van der Waals surface area contributed by atoms with Gasteiger partial charge < -0.3 is 14.2 Å². The fourth-order valence-corrected chi connectivity index (χ4v) is 3.00. The minimum Gasteiger partial charge on any atom is -0.493 e. The summed E-state index contributed by atoms with van der Waals surface area (Å²) >= 11 is 1.57. The van der Waals surface area contributed by atoms with Crippen molar-refractivity contribution in [2.24, 2.45) is 4.99 Å². The van der Waals surface area contributed by atoms with Crippen molar-refractivity contribution in [3.05, 3.63) is 17.7 Å². The molecule has 120 valence electrons. The van der Waals surface area contributed by atoms with E-state index in [2.05, 4.69) is 4.99 Å². The number of carbonyl (C=O) groups excluding carboxylic acids is 1. The van der Waals surface area contributed by atoms with Gasteiger partial charge >= 0.3 is 0 Å². The van der Waals surface area contributed by atoms with E-state index in [9.17, 15) is 4.79 Å². The Labute approximate surface area is 134 Å². The molecule has 0 N–H and O–H groups in total. The van der Waals surface area contributed by atoms with E-state index >= 15 is 0 Å². The van der Waals surface area contributed by atoms with Gasteiger partial charge in [0.05, 0.1) is 27.9 Å². The topological polar surface area (TPSA) is 60.4 Å². The molecule has 0 bridgehead atoms. The first kappa shape index (κ1) is 16.5. The summed E-state index contributed by atoms with van der Waals surface area (Å²) < 4.78 is 15.9. The van der Waals surface area contributed by atoms with E-state index in [1.807, 2.05) is 6.92 Å². The highest BCUT2D eigenvalue weighted by Crippen LogP contribution is 2.38. The third-order valence-electron chi connectivity index (χ3n) is 3.23. The molecule has 0 spiro atoms. The van der Waals surface area contributed by atoms with E-state index in [1.165, 1.54) is 21.3 Å². The summed E-state index contributed by atoms with van der Waals surface area (Å²) in [5, 5.41) is 0.765. The number of aliphatic imine (C=N–C) groups is 1. The summed E-state index contributed by atoms with van der Waals surface area (Å²) in [6.07, 6.45) is 0. The van der Waals surface area contributed by atoms with Crippen LogP contribution in [0.2, 0.25) is 0 Å². The molecule has 0 saturated carbocycles. The van der Waals surface area contributed by atoms with Gasteiger partial charge in [0.2, 0.25) is 5.75 Å². The zero-order valence-corrected chi connectivity index (χ0v) is 14.0. The lowest BCUT2D eigenvalue weighted by Gasteiger charge is -2.19. The van der Waals surface area contributed by atoms with Gasteiger partial charge in [0.15, 0.2) is 16.7 Å². The van der Waals surface area contributed by atoms with Crippen molar-refractivity contribution in [1.82, 2.24) is 4.90 Å². The van der Waals surface area contributed by atoms with Crippen molar-refractivity contribution in [2.45, 2.75) is 6.92 Å². The van der Waals surface area contributed by atoms with Crippen LogP contribution in [0.25, 0.3) is 0 Å². The fraction of sp³-hybridized carbons (Fsp3) is 0.467. The largest absolute Gasteiger partial charge is 0.493 e. The Morgan fingerprint density at radius 2 is 1.86 bits per heavy atom. The highest BCUT2D eigenvalue weighted by Gasteiger charge is 2.26. The van der Waals surface area contributed by atoms with Crippen LogP contribution < -0.4 is 14.2 Å². The van der Waals surface area contributed by atoms with Gasteiger partial charge in [-0.1, -0.05) is 18.7 Å². The number of ether oxygens (including phenoxy) is 3. The molecule has 1 heterocycles. The molecule has 22 heavy (non-hydrogen) atoms. The fourth-order valence-electron chi connectivity index (χ4n) is 2.23. The van der Waals surface area contributed by atoms with Crippen molar-refractivity contribution in [1.29, 1.82) is 0 Å². The second kappa shape index (κ2) is 7.40. The van der Waals surface area contributed by atoms with Crippen molar-refractivity contribution < 1.29 is 19.0 Å². The zero-order valence-electron chi connectivity index (χ0n) is 13.2. The summed E-state index contributed by atoms with van der Waals surface area (Å²) in [6, 6.07) is 3.33. The molecular weight excluding hydrogens is 304 g/mol. The molecule has 0 fully saturated rings. The van der Waals surface area contributed by atoms with Crippen LogP contribution in [0.15, 0.2) is 17.1 Å². The van der Waals surface area contributed by atoms with Crippen LogP contribution in [0.3, 0.4) is 0 Å². The van der Waals surface area contributed by atoms with Crippen LogP contribution >= 0.6 is 11.8 Å². The molecule has 0 radical (unpaired) electrons. The molecule has 1 amide bonds. The summed E-state index contributed by atoms with van der Waals surface area (Å²) in [7, 11) is 4.59.